The van der Waals surface area contributed by atoms with E-state index in [0.29, 0.717) is 5.92 Å². The predicted octanol–water partition coefficient (Wildman–Crippen LogP) is 4.76. The summed E-state index contributed by atoms with van der Waals surface area (Å²) in [6.07, 6.45) is 6.41. The smallest absolute Gasteiger partial charge is 0.263 e. The highest BCUT2D eigenvalue weighted by Crippen LogP contribution is 2.40. The first kappa shape index (κ1) is 19.9. The summed E-state index contributed by atoms with van der Waals surface area (Å²) in [5, 5.41) is 4.44. The van der Waals surface area contributed by atoms with E-state index in [1.165, 1.54) is 23.1 Å². The summed E-state index contributed by atoms with van der Waals surface area (Å²) in [6.45, 7) is 2.29. The van der Waals surface area contributed by atoms with Gasteiger partial charge in [0.1, 0.15) is 22.8 Å². The van der Waals surface area contributed by atoms with Crippen LogP contribution in [0, 0.1) is 5.92 Å². The molecule has 0 amide bonds. The Bertz CT molecular complexity index is 1340. The van der Waals surface area contributed by atoms with Gasteiger partial charge in [0.2, 0.25) is 0 Å². The molecule has 0 radical (unpaired) electrons. The Morgan fingerprint density at radius 2 is 1.90 bits per heavy atom. The van der Waals surface area contributed by atoms with Gasteiger partial charge in [-0.3, -0.25) is 4.72 Å². The van der Waals surface area contributed by atoms with Gasteiger partial charge in [-0.15, -0.1) is 11.3 Å². The summed E-state index contributed by atoms with van der Waals surface area (Å²) >= 11 is 1.75. The van der Waals surface area contributed by atoms with E-state index in [9.17, 15) is 8.42 Å². The molecule has 4 aromatic rings. The van der Waals surface area contributed by atoms with Gasteiger partial charge in [0, 0.05) is 16.8 Å². The second-order valence-electron chi connectivity index (χ2n) is 7.72. The first-order valence-electron chi connectivity index (χ1n) is 10.1. The molecule has 31 heavy (non-hydrogen) atoms. The van der Waals surface area contributed by atoms with Gasteiger partial charge in [-0.25, -0.2) is 23.4 Å². The van der Waals surface area contributed by atoms with E-state index in [1.54, 1.807) is 60.1 Å². The standard InChI is InChI=1S/C22H21N5O2S2/c1-14-5-10-17-18(12-14)30-22-20(17)21(24-13-25-22)26-15-6-8-16(9-7-15)31(28,29)27-19-4-2-3-11-23-19/h2-4,6-9,11,13-14H,5,10,12H2,1H3,(H,23,27)(H,24,25,26). The van der Waals surface area contributed by atoms with E-state index >= 15 is 0 Å². The lowest BCUT2D eigenvalue weighted by atomic mass is 9.89. The van der Waals surface area contributed by atoms with Crippen molar-refractivity contribution >= 4 is 48.9 Å². The average Bonchev–Trinajstić information content (AvgIpc) is 3.13. The van der Waals surface area contributed by atoms with E-state index in [0.717, 1.165) is 34.6 Å². The molecule has 1 aromatic carbocycles. The number of rotatable bonds is 5. The summed E-state index contributed by atoms with van der Waals surface area (Å²) in [7, 11) is -3.71. The third-order valence-electron chi connectivity index (χ3n) is 5.42. The highest BCUT2D eigenvalue weighted by Gasteiger charge is 2.23. The van der Waals surface area contributed by atoms with Crippen LogP contribution in [0.1, 0.15) is 23.8 Å². The Morgan fingerprint density at radius 3 is 2.68 bits per heavy atom. The van der Waals surface area contributed by atoms with Gasteiger partial charge in [0.15, 0.2) is 0 Å². The van der Waals surface area contributed by atoms with Crippen molar-refractivity contribution in [3.8, 4) is 0 Å². The normalized spacial score (nSPS) is 16.1. The number of anilines is 3. The largest absolute Gasteiger partial charge is 0.340 e. The predicted molar refractivity (Wildman–Crippen MR) is 123 cm³/mol. The topological polar surface area (TPSA) is 96.9 Å². The van der Waals surface area contributed by atoms with Gasteiger partial charge < -0.3 is 5.32 Å². The number of nitrogens with zero attached hydrogens (tertiary/aromatic N) is 3. The Labute approximate surface area is 184 Å². The van der Waals surface area contributed by atoms with Crippen LogP contribution in [0.3, 0.4) is 0 Å². The number of hydrogen-bond acceptors (Lipinski definition) is 7. The van der Waals surface area contributed by atoms with Crippen LogP contribution < -0.4 is 10.0 Å². The quantitative estimate of drug-likeness (QED) is 0.454. The minimum Gasteiger partial charge on any atom is -0.340 e. The second-order valence-corrected chi connectivity index (χ2v) is 10.5. The molecule has 0 bridgehead atoms. The molecule has 1 unspecified atom stereocenters. The molecule has 0 saturated carbocycles. The summed E-state index contributed by atoms with van der Waals surface area (Å²) in [5.41, 5.74) is 2.11. The number of thiophene rings is 1. The first-order valence-corrected chi connectivity index (χ1v) is 12.4. The molecule has 9 heteroatoms. The second kappa shape index (κ2) is 7.90. The van der Waals surface area contributed by atoms with Crippen molar-refractivity contribution in [1.82, 2.24) is 15.0 Å². The van der Waals surface area contributed by atoms with Crippen LogP contribution in [0.25, 0.3) is 10.2 Å². The van der Waals surface area contributed by atoms with Crippen LogP contribution in [0.5, 0.6) is 0 Å². The minimum absolute atomic E-state index is 0.165. The number of hydrogen-bond donors (Lipinski definition) is 2. The molecular weight excluding hydrogens is 430 g/mol. The van der Waals surface area contributed by atoms with Crippen molar-refractivity contribution in [1.29, 1.82) is 0 Å². The highest BCUT2D eigenvalue weighted by molar-refractivity contribution is 7.92. The lowest BCUT2D eigenvalue weighted by molar-refractivity contribution is 0.509. The molecule has 3 aromatic heterocycles. The molecule has 2 N–H and O–H groups in total. The fourth-order valence-corrected chi connectivity index (χ4v) is 6.20. The molecule has 5 rings (SSSR count). The van der Waals surface area contributed by atoms with Crippen LogP contribution in [0.2, 0.25) is 0 Å². The Hall–Kier alpha value is -3.04. The maximum Gasteiger partial charge on any atom is 0.263 e. The van der Waals surface area contributed by atoms with E-state index < -0.39 is 10.0 Å². The van der Waals surface area contributed by atoms with Crippen LogP contribution in [0.4, 0.5) is 17.3 Å². The van der Waals surface area contributed by atoms with Gasteiger partial charge in [0.25, 0.3) is 10.0 Å². The van der Waals surface area contributed by atoms with Crippen molar-refractivity contribution in [3.05, 3.63) is 65.4 Å². The fourth-order valence-electron chi connectivity index (χ4n) is 3.84. The molecule has 1 aliphatic carbocycles. The van der Waals surface area contributed by atoms with Crippen molar-refractivity contribution in [3.63, 3.8) is 0 Å². The van der Waals surface area contributed by atoms with Gasteiger partial charge in [-0.05, 0) is 67.1 Å². The van der Waals surface area contributed by atoms with E-state index in [1.807, 2.05) is 0 Å². The van der Waals surface area contributed by atoms with Crippen LogP contribution in [-0.4, -0.2) is 23.4 Å². The molecule has 7 nitrogen and oxygen atoms in total. The highest BCUT2D eigenvalue weighted by atomic mass is 32.2. The molecule has 0 saturated heterocycles. The van der Waals surface area contributed by atoms with Gasteiger partial charge in [0.05, 0.1) is 10.3 Å². The Kier molecular flexibility index (Phi) is 5.07. The number of aromatic nitrogens is 3. The average molecular weight is 452 g/mol. The Balaban J connectivity index is 1.41. The van der Waals surface area contributed by atoms with Crippen molar-refractivity contribution in [2.24, 2.45) is 5.92 Å². The zero-order valence-corrected chi connectivity index (χ0v) is 18.5. The third-order valence-corrected chi connectivity index (χ3v) is 7.96. The number of nitrogens with one attached hydrogen (secondary N) is 2. The lowest BCUT2D eigenvalue weighted by Gasteiger charge is -2.18. The summed E-state index contributed by atoms with van der Waals surface area (Å²) in [6, 6.07) is 11.7. The third kappa shape index (κ3) is 3.98. The molecule has 3 heterocycles. The number of sulfonamides is 1. The maximum absolute atomic E-state index is 12.6. The summed E-state index contributed by atoms with van der Waals surface area (Å²) in [5.74, 6) is 1.74. The van der Waals surface area contributed by atoms with Crippen molar-refractivity contribution in [2.45, 2.75) is 31.1 Å². The zero-order valence-electron chi connectivity index (χ0n) is 16.9. The van der Waals surface area contributed by atoms with Crippen molar-refractivity contribution < 1.29 is 8.42 Å². The number of pyridine rings is 1. The molecule has 158 valence electrons. The number of aryl methyl sites for hydroxylation is 1. The summed E-state index contributed by atoms with van der Waals surface area (Å²) < 4.78 is 27.7. The van der Waals surface area contributed by atoms with E-state index in [2.05, 4.69) is 31.9 Å². The molecule has 0 fully saturated rings. The van der Waals surface area contributed by atoms with Gasteiger partial charge >= 0.3 is 0 Å². The Morgan fingerprint density at radius 1 is 1.06 bits per heavy atom. The molecular formula is C22H21N5O2S2. The first-order chi connectivity index (χ1) is 15.0. The van der Waals surface area contributed by atoms with Gasteiger partial charge in [-0.2, -0.15) is 0 Å². The molecule has 0 aliphatic heterocycles. The zero-order chi connectivity index (χ0) is 21.4. The number of benzene rings is 1. The molecule has 1 aliphatic rings. The molecule has 0 spiro atoms. The molecule has 1 atom stereocenters. The monoisotopic (exact) mass is 451 g/mol. The van der Waals surface area contributed by atoms with Crippen molar-refractivity contribution in [2.75, 3.05) is 10.0 Å². The van der Waals surface area contributed by atoms with E-state index in [4.69, 9.17) is 0 Å². The SMILES string of the molecule is CC1CCc2c(sc3ncnc(Nc4ccc(S(=O)(=O)Nc5ccccn5)cc4)c23)C1. The summed E-state index contributed by atoms with van der Waals surface area (Å²) in [4.78, 5) is 15.5. The van der Waals surface area contributed by atoms with E-state index in [-0.39, 0.29) is 10.7 Å². The maximum atomic E-state index is 12.6. The fraction of sp³-hybridized carbons (Fsp3) is 0.227. The van der Waals surface area contributed by atoms with Crippen LogP contribution >= 0.6 is 11.3 Å². The lowest BCUT2D eigenvalue weighted by Crippen LogP contribution is -2.13. The minimum atomic E-state index is -3.71. The van der Waals surface area contributed by atoms with Crippen LogP contribution in [0.15, 0.2) is 59.9 Å². The number of fused-ring (bicyclic) bond motifs is 3. The van der Waals surface area contributed by atoms with Crippen LogP contribution in [-0.2, 0) is 22.9 Å². The van der Waals surface area contributed by atoms with Gasteiger partial charge in [-0.1, -0.05) is 13.0 Å².